The quantitative estimate of drug-likeness (QED) is 0.790. The molecule has 4 rings (SSSR count). The lowest BCUT2D eigenvalue weighted by Crippen LogP contribution is -2.39. The van der Waals surface area contributed by atoms with Gasteiger partial charge < -0.3 is 15.0 Å². The summed E-state index contributed by atoms with van der Waals surface area (Å²) in [5.74, 6) is 1.86. The van der Waals surface area contributed by atoms with Crippen molar-refractivity contribution in [2.45, 2.75) is 18.9 Å². The molecule has 6 nitrogen and oxygen atoms in total. The topological polar surface area (TPSA) is 63.2 Å². The summed E-state index contributed by atoms with van der Waals surface area (Å²) in [7, 11) is 1.69. The fraction of sp³-hybridized carbons (Fsp3) is 0.316. The van der Waals surface area contributed by atoms with Gasteiger partial charge in [0.2, 0.25) is 0 Å². The third kappa shape index (κ3) is 3.47. The molecule has 0 amide bonds. The number of nitrogens with one attached hydrogen (secondary N) is 1. The first-order chi connectivity index (χ1) is 12.3. The highest BCUT2D eigenvalue weighted by Crippen LogP contribution is 2.23. The average Bonchev–Trinajstić information content (AvgIpc) is 2.68. The molecule has 0 saturated carbocycles. The van der Waals surface area contributed by atoms with E-state index in [1.54, 1.807) is 19.5 Å². The standard InChI is InChI=1S/C19H21N5O/c1-25-16-4-2-3-15(13-16)22-14-7-11-24(12-8-14)18-6-5-17-19(23-18)21-10-9-20-17/h2-6,9-10,13-14,22H,7-8,11-12H2,1H3. The van der Waals surface area contributed by atoms with Gasteiger partial charge in [-0.1, -0.05) is 6.07 Å². The van der Waals surface area contributed by atoms with Gasteiger partial charge in [-0.3, -0.25) is 4.98 Å². The van der Waals surface area contributed by atoms with E-state index in [-0.39, 0.29) is 0 Å². The first-order valence-electron chi connectivity index (χ1n) is 8.55. The number of anilines is 2. The van der Waals surface area contributed by atoms with Gasteiger partial charge in [0.15, 0.2) is 5.65 Å². The minimum Gasteiger partial charge on any atom is -0.497 e. The van der Waals surface area contributed by atoms with Crippen molar-refractivity contribution < 1.29 is 4.74 Å². The predicted octanol–water partition coefficient (Wildman–Crippen LogP) is 3.11. The fourth-order valence-corrected chi connectivity index (χ4v) is 3.22. The maximum atomic E-state index is 5.29. The molecular weight excluding hydrogens is 314 g/mol. The Labute approximate surface area is 146 Å². The molecule has 1 N–H and O–H groups in total. The molecule has 0 unspecified atom stereocenters. The SMILES string of the molecule is COc1cccc(NC2CCN(c3ccc4nccnc4n3)CC2)c1. The molecule has 1 aliphatic rings. The highest BCUT2D eigenvalue weighted by atomic mass is 16.5. The van der Waals surface area contributed by atoms with Crippen molar-refractivity contribution in [3.63, 3.8) is 0 Å². The average molecular weight is 335 g/mol. The number of methoxy groups -OCH3 is 1. The molecule has 0 radical (unpaired) electrons. The van der Waals surface area contributed by atoms with E-state index < -0.39 is 0 Å². The zero-order chi connectivity index (χ0) is 17.1. The summed E-state index contributed by atoms with van der Waals surface area (Å²) in [4.78, 5) is 15.5. The number of hydrogen-bond donors (Lipinski definition) is 1. The van der Waals surface area contributed by atoms with Gasteiger partial charge in [-0.05, 0) is 37.1 Å². The van der Waals surface area contributed by atoms with E-state index in [1.807, 2.05) is 30.3 Å². The van der Waals surface area contributed by atoms with Gasteiger partial charge in [-0.15, -0.1) is 0 Å². The minimum absolute atomic E-state index is 0.462. The molecule has 2 aromatic heterocycles. The van der Waals surface area contributed by atoms with E-state index in [9.17, 15) is 0 Å². The number of nitrogens with zero attached hydrogens (tertiary/aromatic N) is 4. The molecule has 3 aromatic rings. The van der Waals surface area contributed by atoms with E-state index >= 15 is 0 Å². The summed E-state index contributed by atoms with van der Waals surface area (Å²) < 4.78 is 5.29. The van der Waals surface area contributed by atoms with Crippen molar-refractivity contribution >= 4 is 22.7 Å². The number of rotatable bonds is 4. The van der Waals surface area contributed by atoms with Crippen molar-refractivity contribution in [3.05, 3.63) is 48.8 Å². The van der Waals surface area contributed by atoms with Crippen molar-refractivity contribution in [1.82, 2.24) is 15.0 Å². The van der Waals surface area contributed by atoms with Gasteiger partial charge in [0.25, 0.3) is 0 Å². The van der Waals surface area contributed by atoms with Gasteiger partial charge in [-0.2, -0.15) is 0 Å². The Balaban J connectivity index is 1.40. The number of ether oxygens (including phenoxy) is 1. The Morgan fingerprint density at radius 2 is 1.92 bits per heavy atom. The monoisotopic (exact) mass is 335 g/mol. The molecule has 1 fully saturated rings. The van der Waals surface area contributed by atoms with Gasteiger partial charge >= 0.3 is 0 Å². The number of aromatic nitrogens is 3. The van der Waals surface area contributed by atoms with Crippen LogP contribution in [-0.2, 0) is 0 Å². The van der Waals surface area contributed by atoms with E-state index in [4.69, 9.17) is 4.74 Å². The lowest BCUT2D eigenvalue weighted by atomic mass is 10.0. The van der Waals surface area contributed by atoms with Crippen LogP contribution in [0.15, 0.2) is 48.8 Å². The van der Waals surface area contributed by atoms with Gasteiger partial charge in [-0.25, -0.2) is 9.97 Å². The molecule has 0 spiro atoms. The second-order valence-corrected chi connectivity index (χ2v) is 6.21. The second kappa shape index (κ2) is 6.93. The number of fused-ring (bicyclic) bond motifs is 1. The maximum Gasteiger partial charge on any atom is 0.180 e. The van der Waals surface area contributed by atoms with E-state index in [1.165, 1.54) is 0 Å². The van der Waals surface area contributed by atoms with Crippen LogP contribution >= 0.6 is 0 Å². The lowest BCUT2D eigenvalue weighted by Gasteiger charge is -2.33. The highest BCUT2D eigenvalue weighted by molar-refractivity contribution is 5.71. The molecule has 1 aliphatic heterocycles. The summed E-state index contributed by atoms with van der Waals surface area (Å²) in [5.41, 5.74) is 2.65. The molecule has 0 aliphatic carbocycles. The van der Waals surface area contributed by atoms with E-state index in [2.05, 4.69) is 31.2 Å². The van der Waals surface area contributed by atoms with Crippen LogP contribution < -0.4 is 15.0 Å². The summed E-state index contributed by atoms with van der Waals surface area (Å²) in [6, 6.07) is 12.6. The second-order valence-electron chi connectivity index (χ2n) is 6.21. The normalized spacial score (nSPS) is 15.3. The third-order valence-electron chi connectivity index (χ3n) is 4.58. The molecule has 0 atom stereocenters. The minimum atomic E-state index is 0.462. The summed E-state index contributed by atoms with van der Waals surface area (Å²) in [5, 5.41) is 3.61. The summed E-state index contributed by atoms with van der Waals surface area (Å²) >= 11 is 0. The molecule has 3 heterocycles. The number of benzene rings is 1. The van der Waals surface area contributed by atoms with Crippen LogP contribution in [0.5, 0.6) is 5.75 Å². The first kappa shape index (κ1) is 15.6. The Hall–Kier alpha value is -2.89. The molecule has 6 heteroatoms. The van der Waals surface area contributed by atoms with Crippen LogP contribution in [0, 0.1) is 0 Å². The molecule has 0 bridgehead atoms. The van der Waals surface area contributed by atoms with Crippen LogP contribution in [0.3, 0.4) is 0 Å². The van der Waals surface area contributed by atoms with Crippen LogP contribution in [-0.4, -0.2) is 41.2 Å². The summed E-state index contributed by atoms with van der Waals surface area (Å²) in [6.07, 6.45) is 5.51. The van der Waals surface area contributed by atoms with Crippen LogP contribution in [0.4, 0.5) is 11.5 Å². The Bertz CT molecular complexity index is 861. The smallest absolute Gasteiger partial charge is 0.180 e. The largest absolute Gasteiger partial charge is 0.497 e. The fourth-order valence-electron chi connectivity index (χ4n) is 3.22. The highest BCUT2D eigenvalue weighted by Gasteiger charge is 2.20. The zero-order valence-electron chi connectivity index (χ0n) is 14.2. The van der Waals surface area contributed by atoms with E-state index in [0.29, 0.717) is 11.7 Å². The van der Waals surface area contributed by atoms with Crippen molar-refractivity contribution in [3.8, 4) is 5.75 Å². The molecule has 128 valence electrons. The van der Waals surface area contributed by atoms with Crippen molar-refractivity contribution in [1.29, 1.82) is 0 Å². The number of piperidine rings is 1. The number of hydrogen-bond acceptors (Lipinski definition) is 6. The van der Waals surface area contributed by atoms with Crippen molar-refractivity contribution in [2.24, 2.45) is 0 Å². The Kier molecular flexibility index (Phi) is 4.33. The molecule has 1 aromatic carbocycles. The lowest BCUT2D eigenvalue weighted by molar-refractivity contribution is 0.415. The summed E-state index contributed by atoms with van der Waals surface area (Å²) in [6.45, 7) is 1.95. The maximum absolute atomic E-state index is 5.29. The Morgan fingerprint density at radius 1 is 1.08 bits per heavy atom. The molecular formula is C19H21N5O. The molecule has 25 heavy (non-hydrogen) atoms. The van der Waals surface area contributed by atoms with Crippen LogP contribution in [0.2, 0.25) is 0 Å². The Morgan fingerprint density at radius 3 is 2.76 bits per heavy atom. The number of pyridine rings is 1. The third-order valence-corrected chi connectivity index (χ3v) is 4.58. The van der Waals surface area contributed by atoms with Gasteiger partial charge in [0.1, 0.15) is 17.1 Å². The first-order valence-corrected chi connectivity index (χ1v) is 8.55. The van der Waals surface area contributed by atoms with Crippen LogP contribution in [0.25, 0.3) is 11.2 Å². The van der Waals surface area contributed by atoms with E-state index in [0.717, 1.165) is 48.7 Å². The van der Waals surface area contributed by atoms with Gasteiger partial charge in [0, 0.05) is 43.3 Å². The zero-order valence-corrected chi connectivity index (χ0v) is 14.2. The molecule has 1 saturated heterocycles. The van der Waals surface area contributed by atoms with Crippen LogP contribution in [0.1, 0.15) is 12.8 Å². The van der Waals surface area contributed by atoms with Gasteiger partial charge in [0.05, 0.1) is 7.11 Å². The van der Waals surface area contributed by atoms with Crippen molar-refractivity contribution in [2.75, 3.05) is 30.4 Å². The predicted molar refractivity (Wildman–Crippen MR) is 99.2 cm³/mol.